The van der Waals surface area contributed by atoms with Gasteiger partial charge in [-0.1, -0.05) is 6.07 Å². The third kappa shape index (κ3) is 3.62. The first kappa shape index (κ1) is 19.6. The van der Waals surface area contributed by atoms with Crippen LogP contribution in [-0.2, 0) is 13.6 Å². The first-order valence-electron chi connectivity index (χ1n) is 9.25. The van der Waals surface area contributed by atoms with Crippen molar-refractivity contribution in [2.75, 3.05) is 0 Å². The largest absolute Gasteiger partial charge is 0.457 e. The number of H-pyrrole nitrogens is 1. The number of hydrogen-bond acceptors (Lipinski definition) is 5. The summed E-state index contributed by atoms with van der Waals surface area (Å²) < 4.78 is 21.8. The number of fused-ring (bicyclic) bond motifs is 1. The molecule has 4 aromatic rings. The van der Waals surface area contributed by atoms with E-state index in [9.17, 15) is 19.1 Å². The molecule has 2 heterocycles. The van der Waals surface area contributed by atoms with E-state index in [4.69, 9.17) is 4.74 Å². The summed E-state index contributed by atoms with van der Waals surface area (Å²) in [4.78, 5) is 31.3. The molecule has 154 valence electrons. The Labute approximate surface area is 169 Å². The molecule has 2 N–H and O–H groups in total. The van der Waals surface area contributed by atoms with Crippen molar-refractivity contribution in [1.29, 1.82) is 0 Å². The fraction of sp³-hybridized carbons (Fsp3) is 0.190. The number of hydrogen-bond donors (Lipinski definition) is 2. The molecule has 0 fully saturated rings. The van der Waals surface area contributed by atoms with Crippen molar-refractivity contribution < 1.29 is 14.2 Å². The van der Waals surface area contributed by atoms with E-state index in [1.165, 1.54) is 16.7 Å². The van der Waals surface area contributed by atoms with Crippen LogP contribution < -0.4 is 16.0 Å². The average Bonchev–Trinajstić information content (AvgIpc) is 3.03. The molecule has 8 nitrogen and oxygen atoms in total. The van der Waals surface area contributed by atoms with Gasteiger partial charge in [0.25, 0.3) is 5.56 Å². The lowest BCUT2D eigenvalue weighted by Gasteiger charge is -2.07. The van der Waals surface area contributed by atoms with Gasteiger partial charge in [-0.05, 0) is 43.3 Å². The minimum Gasteiger partial charge on any atom is -0.457 e. The summed E-state index contributed by atoms with van der Waals surface area (Å²) >= 11 is 0. The Bertz CT molecular complexity index is 1340. The van der Waals surface area contributed by atoms with E-state index in [1.54, 1.807) is 54.9 Å². The quantitative estimate of drug-likeness (QED) is 0.526. The molecular weight excluding hydrogens is 391 g/mol. The maximum absolute atomic E-state index is 13.3. The van der Waals surface area contributed by atoms with E-state index in [1.807, 2.05) is 0 Å². The molecule has 0 aliphatic rings. The summed E-state index contributed by atoms with van der Waals surface area (Å²) in [6.07, 6.45) is -0.790. The molecule has 0 amide bonds. The number of benzene rings is 2. The van der Waals surface area contributed by atoms with Crippen LogP contribution >= 0.6 is 0 Å². The zero-order valence-corrected chi connectivity index (χ0v) is 16.3. The van der Waals surface area contributed by atoms with E-state index < -0.39 is 23.2 Å². The van der Waals surface area contributed by atoms with E-state index in [-0.39, 0.29) is 17.7 Å². The molecule has 30 heavy (non-hydrogen) atoms. The monoisotopic (exact) mass is 410 g/mol. The molecule has 0 saturated heterocycles. The Morgan fingerprint density at radius 1 is 1.17 bits per heavy atom. The van der Waals surface area contributed by atoms with Crippen molar-refractivity contribution in [1.82, 2.24) is 19.1 Å². The van der Waals surface area contributed by atoms with Gasteiger partial charge in [0.2, 0.25) is 0 Å². The summed E-state index contributed by atoms with van der Waals surface area (Å²) in [5, 5.41) is 9.70. The SMILES string of the molecule is CC(O)Cn1c(=O)[nH]c(=O)c2c1nc(-c1ccc(Oc3cccc(F)c3)cc1)n2C. The molecule has 0 radical (unpaired) electrons. The third-order valence-electron chi connectivity index (χ3n) is 4.60. The van der Waals surface area contributed by atoms with Crippen LogP contribution in [0.1, 0.15) is 6.92 Å². The fourth-order valence-corrected chi connectivity index (χ4v) is 3.28. The standard InChI is InChI=1S/C21H19FN4O4/c1-12(27)11-26-19-17(20(28)24-21(26)29)25(2)18(23-19)13-6-8-15(9-7-13)30-16-5-3-4-14(22)10-16/h3-10,12,27H,11H2,1-2H3,(H,24,28,29). The van der Waals surface area contributed by atoms with Crippen LogP contribution in [0.15, 0.2) is 58.1 Å². The number of aliphatic hydroxyl groups excluding tert-OH is 1. The molecule has 0 bridgehead atoms. The number of aromatic nitrogens is 4. The molecule has 1 atom stereocenters. The van der Waals surface area contributed by atoms with E-state index in [0.717, 1.165) is 0 Å². The highest BCUT2D eigenvalue weighted by atomic mass is 19.1. The van der Waals surface area contributed by atoms with Crippen molar-refractivity contribution in [3.05, 3.63) is 75.2 Å². The lowest BCUT2D eigenvalue weighted by Crippen LogP contribution is -2.33. The molecule has 0 aliphatic heterocycles. The van der Waals surface area contributed by atoms with Gasteiger partial charge < -0.3 is 14.4 Å². The van der Waals surface area contributed by atoms with E-state index in [0.29, 0.717) is 22.9 Å². The lowest BCUT2D eigenvalue weighted by molar-refractivity contribution is 0.173. The second kappa shape index (κ2) is 7.60. The first-order chi connectivity index (χ1) is 14.3. The Morgan fingerprint density at radius 3 is 2.57 bits per heavy atom. The number of rotatable bonds is 5. The normalized spacial score (nSPS) is 12.3. The molecule has 2 aromatic heterocycles. The maximum Gasteiger partial charge on any atom is 0.330 e. The summed E-state index contributed by atoms with van der Waals surface area (Å²) in [7, 11) is 1.67. The molecule has 2 aromatic carbocycles. The molecule has 1 unspecified atom stereocenters. The smallest absolute Gasteiger partial charge is 0.330 e. The van der Waals surface area contributed by atoms with Crippen LogP contribution in [0.3, 0.4) is 0 Å². The second-order valence-electron chi connectivity index (χ2n) is 6.97. The van der Waals surface area contributed by atoms with Gasteiger partial charge >= 0.3 is 5.69 Å². The number of imidazole rings is 1. The van der Waals surface area contributed by atoms with Crippen molar-refractivity contribution >= 4 is 11.2 Å². The number of aryl methyl sites for hydroxylation is 1. The first-order valence-corrected chi connectivity index (χ1v) is 9.25. The molecule has 9 heteroatoms. The van der Waals surface area contributed by atoms with Crippen molar-refractivity contribution in [2.24, 2.45) is 7.05 Å². The van der Waals surface area contributed by atoms with Gasteiger partial charge in [0.1, 0.15) is 23.1 Å². The number of aromatic amines is 1. The number of nitrogens with zero attached hydrogens (tertiary/aromatic N) is 3. The van der Waals surface area contributed by atoms with Crippen LogP contribution in [0.4, 0.5) is 4.39 Å². The van der Waals surface area contributed by atoms with E-state index >= 15 is 0 Å². The fourth-order valence-electron chi connectivity index (χ4n) is 3.28. The van der Waals surface area contributed by atoms with Crippen molar-refractivity contribution in [3.8, 4) is 22.9 Å². The maximum atomic E-state index is 13.3. The molecule has 4 rings (SSSR count). The van der Waals surface area contributed by atoms with Crippen molar-refractivity contribution in [3.63, 3.8) is 0 Å². The molecule has 0 spiro atoms. The lowest BCUT2D eigenvalue weighted by atomic mass is 10.2. The van der Waals surface area contributed by atoms with Gasteiger partial charge in [-0.2, -0.15) is 0 Å². The van der Waals surface area contributed by atoms with Gasteiger partial charge in [0, 0.05) is 18.7 Å². The van der Waals surface area contributed by atoms with Gasteiger partial charge in [-0.25, -0.2) is 14.2 Å². The number of aliphatic hydroxyl groups is 1. The Hall–Kier alpha value is -3.72. The van der Waals surface area contributed by atoms with Gasteiger partial charge in [0.05, 0.1) is 12.6 Å². The number of ether oxygens (including phenoxy) is 1. The third-order valence-corrected chi connectivity index (χ3v) is 4.60. The zero-order chi connectivity index (χ0) is 21.4. The van der Waals surface area contributed by atoms with E-state index in [2.05, 4.69) is 9.97 Å². The van der Waals surface area contributed by atoms with Crippen molar-refractivity contribution in [2.45, 2.75) is 19.6 Å². The predicted molar refractivity (Wildman–Crippen MR) is 109 cm³/mol. The summed E-state index contributed by atoms with van der Waals surface area (Å²) in [6, 6.07) is 12.7. The van der Waals surface area contributed by atoms with Crippen LogP contribution in [0, 0.1) is 5.82 Å². The highest BCUT2D eigenvalue weighted by Gasteiger charge is 2.18. The minimum absolute atomic E-state index is 0.00296. The zero-order valence-electron chi connectivity index (χ0n) is 16.3. The summed E-state index contributed by atoms with van der Waals surface area (Å²) in [6.45, 7) is 1.55. The Kier molecular flexibility index (Phi) is 4.96. The number of nitrogens with one attached hydrogen (secondary N) is 1. The van der Waals surface area contributed by atoms with Gasteiger partial charge in [-0.15, -0.1) is 0 Å². The Morgan fingerprint density at radius 2 is 1.90 bits per heavy atom. The molecule has 0 aliphatic carbocycles. The highest BCUT2D eigenvalue weighted by Crippen LogP contribution is 2.27. The number of halogens is 1. The van der Waals surface area contributed by atoms with Crippen LogP contribution in [0.2, 0.25) is 0 Å². The Balaban J connectivity index is 1.74. The van der Waals surface area contributed by atoms with Gasteiger partial charge in [0.15, 0.2) is 11.2 Å². The summed E-state index contributed by atoms with van der Waals surface area (Å²) in [5.41, 5.74) is -0.0654. The topological polar surface area (TPSA) is 102 Å². The van der Waals surface area contributed by atoms with Crippen LogP contribution in [0.5, 0.6) is 11.5 Å². The van der Waals surface area contributed by atoms with Gasteiger partial charge in [-0.3, -0.25) is 14.3 Å². The molecule has 0 saturated carbocycles. The van der Waals surface area contributed by atoms with Crippen LogP contribution in [-0.4, -0.2) is 30.3 Å². The summed E-state index contributed by atoms with van der Waals surface area (Å²) in [5.74, 6) is 0.959. The average molecular weight is 410 g/mol. The second-order valence-corrected chi connectivity index (χ2v) is 6.97. The van der Waals surface area contributed by atoms with Crippen LogP contribution in [0.25, 0.3) is 22.6 Å². The molecular formula is C21H19FN4O4. The minimum atomic E-state index is -0.790. The highest BCUT2D eigenvalue weighted by molar-refractivity contribution is 5.76. The predicted octanol–water partition coefficient (Wildman–Crippen LogP) is 2.40.